The molecule has 16 heavy (non-hydrogen) atoms. The molecule has 0 aliphatic heterocycles. The highest BCUT2D eigenvalue weighted by atomic mass is 32.4. The highest BCUT2D eigenvalue weighted by Gasteiger charge is 2.56. The van der Waals surface area contributed by atoms with Crippen molar-refractivity contribution >= 4 is 17.8 Å². The summed E-state index contributed by atoms with van der Waals surface area (Å²) in [6.07, 6.45) is 3.77. The van der Waals surface area contributed by atoms with E-state index < -0.39 is 6.04 Å². The monoisotopic (exact) mass is 252 g/mol. The van der Waals surface area contributed by atoms with Crippen molar-refractivity contribution < 1.29 is 0 Å². The van der Waals surface area contributed by atoms with E-state index in [-0.39, 0.29) is 0 Å². The van der Waals surface area contributed by atoms with Crippen molar-refractivity contribution in [2.24, 2.45) is 0 Å². The smallest absolute Gasteiger partial charge is 0.000634 e. The van der Waals surface area contributed by atoms with Crippen LogP contribution >= 0.6 is 6.04 Å². The van der Waals surface area contributed by atoms with Gasteiger partial charge in [-0.1, -0.05) is 62.9 Å². The first-order valence-corrected chi connectivity index (χ1v) is 9.44. The molecule has 2 unspecified atom stereocenters. The molecule has 0 spiro atoms. The molecule has 1 aliphatic rings. The fourth-order valence-electron chi connectivity index (χ4n) is 2.82. The number of benzene rings is 1. The molecule has 0 radical (unpaired) electrons. The van der Waals surface area contributed by atoms with Crippen LogP contribution in [-0.4, -0.2) is 18.0 Å². The fraction of sp³-hybridized carbons (Fsp3) is 0.571. The highest BCUT2D eigenvalue weighted by molar-refractivity contribution is 8.15. The molecule has 88 valence electrons. The van der Waals surface area contributed by atoms with E-state index in [0.29, 0.717) is 5.41 Å². The number of hydrogen-bond acceptors (Lipinski definition) is 1. The van der Waals surface area contributed by atoms with E-state index in [1.54, 1.807) is 0 Å². The van der Waals surface area contributed by atoms with Crippen LogP contribution < -0.4 is 0 Å². The third-order valence-corrected chi connectivity index (χ3v) is 10.6. The van der Waals surface area contributed by atoms with Crippen molar-refractivity contribution in [2.45, 2.75) is 38.3 Å². The van der Waals surface area contributed by atoms with E-state index >= 15 is 0 Å². The lowest BCUT2D eigenvalue weighted by atomic mass is 9.99. The predicted molar refractivity (Wildman–Crippen MR) is 77.6 cm³/mol. The van der Waals surface area contributed by atoms with Crippen molar-refractivity contribution in [3.63, 3.8) is 0 Å². The molecule has 0 amide bonds. The van der Waals surface area contributed by atoms with E-state index in [1.807, 2.05) is 0 Å². The minimum Gasteiger partial charge on any atom is -0.0972 e. The van der Waals surface area contributed by atoms with Crippen LogP contribution in [0.3, 0.4) is 0 Å². The zero-order valence-electron chi connectivity index (χ0n) is 10.4. The Labute approximate surface area is 104 Å². The minimum absolute atomic E-state index is 0.392. The van der Waals surface area contributed by atoms with Crippen molar-refractivity contribution in [3.8, 4) is 0 Å². The molecule has 0 N–H and O–H groups in total. The maximum Gasteiger partial charge on any atom is 0.000634 e. The van der Waals surface area contributed by atoms with Crippen LogP contribution in [0.2, 0.25) is 0 Å². The van der Waals surface area contributed by atoms with Crippen LogP contribution in [0.5, 0.6) is 0 Å². The fourth-order valence-corrected chi connectivity index (χ4v) is 6.97. The lowest BCUT2D eigenvalue weighted by Crippen LogP contribution is -2.09. The van der Waals surface area contributed by atoms with Crippen LogP contribution in [-0.2, 0) is 17.2 Å². The van der Waals surface area contributed by atoms with E-state index in [4.69, 9.17) is 11.8 Å². The maximum absolute atomic E-state index is 5.95. The molecule has 1 aliphatic carbocycles. The van der Waals surface area contributed by atoms with Gasteiger partial charge >= 0.3 is 0 Å². The van der Waals surface area contributed by atoms with Gasteiger partial charge in [0.2, 0.25) is 0 Å². The van der Waals surface area contributed by atoms with Gasteiger partial charge in [0.15, 0.2) is 0 Å². The normalized spacial score (nSPS) is 29.1. The van der Waals surface area contributed by atoms with Crippen molar-refractivity contribution in [1.29, 1.82) is 0 Å². The van der Waals surface area contributed by atoms with Gasteiger partial charge in [0, 0.05) is 5.41 Å². The second kappa shape index (κ2) is 4.27. The Hall–Kier alpha value is -0.130. The van der Waals surface area contributed by atoms with Crippen LogP contribution in [0.1, 0.15) is 32.8 Å². The second-order valence-corrected chi connectivity index (χ2v) is 11.1. The molecule has 0 bridgehead atoms. The molecule has 0 saturated heterocycles. The SMILES string of the molecule is CCP(=S)(CC)C1CC1(C)c1ccccc1. The average Bonchev–Trinajstić information content (AvgIpc) is 3.04. The Morgan fingerprint density at radius 2 is 1.81 bits per heavy atom. The largest absolute Gasteiger partial charge is 0.0972 e. The minimum atomic E-state index is -1.10. The molecule has 1 aromatic carbocycles. The maximum atomic E-state index is 5.95. The quantitative estimate of drug-likeness (QED) is 0.722. The molecule has 0 nitrogen and oxygen atoms in total. The zero-order valence-corrected chi connectivity index (χ0v) is 12.2. The van der Waals surface area contributed by atoms with Gasteiger partial charge in [-0.05, 0) is 36.0 Å². The lowest BCUT2D eigenvalue weighted by molar-refractivity contribution is 0.789. The molecule has 1 saturated carbocycles. The Kier molecular flexibility index (Phi) is 3.29. The third-order valence-electron chi connectivity index (χ3n) is 4.26. The van der Waals surface area contributed by atoms with Crippen molar-refractivity contribution in [2.75, 3.05) is 12.3 Å². The molecule has 2 atom stereocenters. The molecular weight excluding hydrogens is 231 g/mol. The van der Waals surface area contributed by atoms with Gasteiger partial charge in [-0.15, -0.1) is 0 Å². The Morgan fingerprint density at radius 1 is 1.25 bits per heavy atom. The van der Waals surface area contributed by atoms with Crippen LogP contribution in [0.15, 0.2) is 30.3 Å². The average molecular weight is 252 g/mol. The van der Waals surface area contributed by atoms with Gasteiger partial charge in [-0.2, -0.15) is 0 Å². The summed E-state index contributed by atoms with van der Waals surface area (Å²) in [5.74, 6) is 0. The topological polar surface area (TPSA) is 0 Å². The first-order chi connectivity index (χ1) is 7.57. The number of hydrogen-bond donors (Lipinski definition) is 0. The summed E-state index contributed by atoms with van der Waals surface area (Å²) < 4.78 is 0. The molecule has 2 rings (SSSR count). The first kappa shape index (κ1) is 12.3. The Balaban J connectivity index is 2.25. The molecule has 2 heteroatoms. The standard InChI is InChI=1S/C14H21PS/c1-4-15(16,5-2)13-11-14(13,3)12-9-7-6-8-10-12/h6-10,13H,4-5,11H2,1-3H3. The van der Waals surface area contributed by atoms with Gasteiger partial charge in [-0.3, -0.25) is 0 Å². The van der Waals surface area contributed by atoms with Crippen molar-refractivity contribution in [1.82, 2.24) is 0 Å². The molecule has 0 heterocycles. The Bertz CT molecular complexity index is 404. The summed E-state index contributed by atoms with van der Waals surface area (Å²) >= 11 is 5.95. The summed E-state index contributed by atoms with van der Waals surface area (Å²) in [5.41, 5.74) is 2.69. The summed E-state index contributed by atoms with van der Waals surface area (Å²) in [6.45, 7) is 6.97. The predicted octanol–water partition coefficient (Wildman–Crippen LogP) is 4.24. The van der Waals surface area contributed by atoms with Crippen LogP contribution in [0, 0.1) is 0 Å². The van der Waals surface area contributed by atoms with E-state index in [1.165, 1.54) is 24.3 Å². The van der Waals surface area contributed by atoms with E-state index in [2.05, 4.69) is 51.1 Å². The summed E-state index contributed by atoms with van der Waals surface area (Å²) in [7, 11) is 0. The van der Waals surface area contributed by atoms with Gasteiger partial charge in [-0.25, -0.2) is 0 Å². The zero-order chi connectivity index (χ0) is 11.8. The van der Waals surface area contributed by atoms with Crippen molar-refractivity contribution in [3.05, 3.63) is 35.9 Å². The van der Waals surface area contributed by atoms with Crippen LogP contribution in [0.4, 0.5) is 0 Å². The van der Waals surface area contributed by atoms with Gasteiger partial charge in [0.1, 0.15) is 0 Å². The van der Waals surface area contributed by atoms with E-state index in [9.17, 15) is 0 Å². The van der Waals surface area contributed by atoms with Gasteiger partial charge < -0.3 is 0 Å². The lowest BCUT2D eigenvalue weighted by Gasteiger charge is -2.22. The third kappa shape index (κ3) is 1.89. The molecule has 1 fully saturated rings. The van der Waals surface area contributed by atoms with Crippen LogP contribution in [0.25, 0.3) is 0 Å². The molecular formula is C14H21PS. The Morgan fingerprint density at radius 3 is 2.31 bits per heavy atom. The highest BCUT2D eigenvalue weighted by Crippen LogP contribution is 2.69. The molecule has 1 aromatic rings. The van der Waals surface area contributed by atoms with Gasteiger partial charge in [0.25, 0.3) is 0 Å². The number of rotatable bonds is 4. The second-order valence-electron chi connectivity index (χ2n) is 5.09. The first-order valence-electron chi connectivity index (χ1n) is 6.20. The molecule has 0 aromatic heterocycles. The summed E-state index contributed by atoms with van der Waals surface area (Å²) in [5, 5.41) is 0. The summed E-state index contributed by atoms with van der Waals surface area (Å²) in [6, 6.07) is 9.84. The summed E-state index contributed by atoms with van der Waals surface area (Å²) in [4.78, 5) is 0. The van der Waals surface area contributed by atoms with E-state index in [0.717, 1.165) is 5.66 Å². The van der Waals surface area contributed by atoms with Gasteiger partial charge in [0.05, 0.1) is 0 Å².